The van der Waals surface area contributed by atoms with E-state index in [4.69, 9.17) is 14.2 Å². The van der Waals surface area contributed by atoms with E-state index in [1.807, 2.05) is 25.1 Å². The Labute approximate surface area is 188 Å². The largest absolute Gasteiger partial charge is 0.493 e. The van der Waals surface area contributed by atoms with Crippen LogP contribution >= 0.6 is 24.0 Å². The summed E-state index contributed by atoms with van der Waals surface area (Å²) in [5, 5.41) is 6.53. The summed E-state index contributed by atoms with van der Waals surface area (Å²) < 4.78 is 29.4. The second-order valence-corrected chi connectivity index (χ2v) is 6.17. The molecule has 0 bridgehead atoms. The van der Waals surface area contributed by atoms with Crippen molar-refractivity contribution in [3.8, 4) is 17.2 Å². The normalized spacial score (nSPS) is 10.8. The smallest absolute Gasteiger partial charge is 0.203 e. The Morgan fingerprint density at radius 1 is 0.966 bits per heavy atom. The van der Waals surface area contributed by atoms with Gasteiger partial charge in [-0.1, -0.05) is 6.07 Å². The number of guanidine groups is 1. The van der Waals surface area contributed by atoms with Crippen molar-refractivity contribution in [2.45, 2.75) is 19.9 Å². The summed E-state index contributed by atoms with van der Waals surface area (Å²) in [6.07, 6.45) is 0.770. The van der Waals surface area contributed by atoms with Gasteiger partial charge in [-0.3, -0.25) is 4.99 Å². The van der Waals surface area contributed by atoms with Crippen molar-refractivity contribution in [1.29, 1.82) is 0 Å². The number of aryl methyl sites for hydroxylation is 1. The van der Waals surface area contributed by atoms with Crippen LogP contribution in [0.5, 0.6) is 17.2 Å². The van der Waals surface area contributed by atoms with Crippen LogP contribution in [0, 0.1) is 12.7 Å². The number of benzene rings is 2. The van der Waals surface area contributed by atoms with Gasteiger partial charge in [0.2, 0.25) is 5.75 Å². The maximum atomic E-state index is 13.2. The van der Waals surface area contributed by atoms with E-state index >= 15 is 0 Å². The molecule has 0 aromatic heterocycles. The topological polar surface area (TPSA) is 64.1 Å². The predicted octanol–water partition coefficient (Wildman–Crippen LogP) is 3.69. The molecule has 0 radical (unpaired) electrons. The molecule has 0 atom stereocenters. The van der Waals surface area contributed by atoms with Gasteiger partial charge in [0.1, 0.15) is 5.82 Å². The standard InChI is InChI=1S/C21H28FN3O3.HI/c1-14-12-17(22)8-6-15(14)10-11-24-21(23-2)25-13-16-7-9-18(26-3)20(28-5)19(16)27-4;/h6-9,12H,10-11,13H2,1-5H3,(H2,23,24,25);1H. The molecule has 0 spiro atoms. The van der Waals surface area contributed by atoms with Gasteiger partial charge >= 0.3 is 0 Å². The molecule has 2 rings (SSSR count). The van der Waals surface area contributed by atoms with E-state index in [-0.39, 0.29) is 29.8 Å². The zero-order chi connectivity index (χ0) is 20.5. The zero-order valence-corrected chi connectivity index (χ0v) is 19.8. The monoisotopic (exact) mass is 517 g/mol. The lowest BCUT2D eigenvalue weighted by molar-refractivity contribution is 0.322. The molecular formula is C21H29FIN3O3. The van der Waals surface area contributed by atoms with Crippen LogP contribution in [-0.4, -0.2) is 40.9 Å². The highest BCUT2D eigenvalue weighted by Crippen LogP contribution is 2.39. The number of aliphatic imine (C=N–C) groups is 1. The highest BCUT2D eigenvalue weighted by atomic mass is 127. The maximum Gasteiger partial charge on any atom is 0.203 e. The summed E-state index contributed by atoms with van der Waals surface area (Å²) in [4.78, 5) is 4.24. The third-order valence-corrected chi connectivity index (χ3v) is 4.45. The highest BCUT2D eigenvalue weighted by molar-refractivity contribution is 14.0. The fourth-order valence-corrected chi connectivity index (χ4v) is 2.96. The van der Waals surface area contributed by atoms with E-state index < -0.39 is 0 Å². The van der Waals surface area contributed by atoms with Crippen LogP contribution in [0.15, 0.2) is 35.3 Å². The second kappa shape index (κ2) is 12.4. The third-order valence-electron chi connectivity index (χ3n) is 4.45. The van der Waals surface area contributed by atoms with Crippen LogP contribution in [0.1, 0.15) is 16.7 Å². The average molecular weight is 517 g/mol. The predicted molar refractivity (Wildman–Crippen MR) is 125 cm³/mol. The molecular weight excluding hydrogens is 488 g/mol. The van der Waals surface area contributed by atoms with E-state index in [0.29, 0.717) is 36.3 Å². The molecule has 0 fully saturated rings. The van der Waals surface area contributed by atoms with Gasteiger partial charge in [-0.2, -0.15) is 0 Å². The molecule has 2 aromatic rings. The first-order chi connectivity index (χ1) is 13.5. The molecule has 0 aliphatic rings. The molecule has 0 aliphatic heterocycles. The van der Waals surface area contributed by atoms with Gasteiger partial charge in [0.25, 0.3) is 0 Å². The van der Waals surface area contributed by atoms with Gasteiger partial charge in [0, 0.05) is 25.7 Å². The first-order valence-corrected chi connectivity index (χ1v) is 9.01. The van der Waals surface area contributed by atoms with Crippen LogP contribution in [0.4, 0.5) is 4.39 Å². The molecule has 0 saturated heterocycles. The minimum atomic E-state index is -0.212. The number of halogens is 2. The molecule has 29 heavy (non-hydrogen) atoms. The number of hydrogen-bond donors (Lipinski definition) is 2. The van der Waals surface area contributed by atoms with Gasteiger partial charge in [-0.15, -0.1) is 24.0 Å². The summed E-state index contributed by atoms with van der Waals surface area (Å²) in [5.74, 6) is 2.23. The van der Waals surface area contributed by atoms with E-state index in [1.165, 1.54) is 6.07 Å². The molecule has 0 saturated carbocycles. The Morgan fingerprint density at radius 3 is 2.24 bits per heavy atom. The van der Waals surface area contributed by atoms with Crippen molar-refractivity contribution < 1.29 is 18.6 Å². The second-order valence-electron chi connectivity index (χ2n) is 6.17. The Balaban J connectivity index is 0.00000420. The van der Waals surface area contributed by atoms with E-state index in [2.05, 4.69) is 15.6 Å². The molecule has 6 nitrogen and oxygen atoms in total. The number of nitrogens with zero attached hydrogens (tertiary/aromatic N) is 1. The Morgan fingerprint density at radius 2 is 1.66 bits per heavy atom. The van der Waals surface area contributed by atoms with Gasteiger partial charge in [0.15, 0.2) is 17.5 Å². The highest BCUT2D eigenvalue weighted by Gasteiger charge is 2.15. The average Bonchev–Trinajstić information content (AvgIpc) is 2.70. The lowest BCUT2D eigenvalue weighted by Gasteiger charge is -2.17. The zero-order valence-electron chi connectivity index (χ0n) is 17.5. The lowest BCUT2D eigenvalue weighted by atomic mass is 10.1. The Kier molecular flexibility index (Phi) is 10.6. The Bertz CT molecular complexity index is 831. The summed E-state index contributed by atoms with van der Waals surface area (Å²) in [6, 6.07) is 8.61. The van der Waals surface area contributed by atoms with Gasteiger partial charge in [-0.05, 0) is 48.7 Å². The van der Waals surface area contributed by atoms with Crippen LogP contribution in [0.25, 0.3) is 0 Å². The minimum absolute atomic E-state index is 0. The van der Waals surface area contributed by atoms with Crippen molar-refractivity contribution in [3.63, 3.8) is 0 Å². The van der Waals surface area contributed by atoms with Crippen molar-refractivity contribution in [2.24, 2.45) is 4.99 Å². The molecule has 0 heterocycles. The molecule has 0 aliphatic carbocycles. The molecule has 0 amide bonds. The van der Waals surface area contributed by atoms with Crippen molar-refractivity contribution in [1.82, 2.24) is 10.6 Å². The van der Waals surface area contributed by atoms with E-state index in [1.54, 1.807) is 34.4 Å². The molecule has 160 valence electrons. The summed E-state index contributed by atoms with van der Waals surface area (Å²) in [5.41, 5.74) is 2.96. The number of ether oxygens (including phenoxy) is 3. The minimum Gasteiger partial charge on any atom is -0.493 e. The molecule has 8 heteroatoms. The lowest BCUT2D eigenvalue weighted by Crippen LogP contribution is -2.38. The maximum absolute atomic E-state index is 13.2. The first kappa shape index (κ1) is 24.8. The molecule has 2 aromatic carbocycles. The summed E-state index contributed by atoms with van der Waals surface area (Å²) >= 11 is 0. The third kappa shape index (κ3) is 6.66. The van der Waals surface area contributed by atoms with Gasteiger partial charge in [0.05, 0.1) is 21.3 Å². The van der Waals surface area contributed by atoms with Crippen molar-refractivity contribution >= 4 is 29.9 Å². The summed E-state index contributed by atoms with van der Waals surface area (Å²) in [7, 11) is 6.47. The SMILES string of the molecule is CN=C(NCCc1ccc(F)cc1C)NCc1ccc(OC)c(OC)c1OC.I. The number of nitrogens with one attached hydrogen (secondary N) is 2. The number of hydrogen-bond acceptors (Lipinski definition) is 4. The van der Waals surface area contributed by atoms with Gasteiger partial charge in [-0.25, -0.2) is 4.39 Å². The van der Waals surface area contributed by atoms with Crippen LogP contribution in [0.2, 0.25) is 0 Å². The van der Waals surface area contributed by atoms with E-state index in [0.717, 1.165) is 23.1 Å². The fraction of sp³-hybridized carbons (Fsp3) is 0.381. The van der Waals surface area contributed by atoms with Crippen LogP contribution < -0.4 is 24.8 Å². The number of rotatable bonds is 8. The molecule has 2 N–H and O–H groups in total. The van der Waals surface area contributed by atoms with Gasteiger partial charge < -0.3 is 24.8 Å². The molecule has 0 unspecified atom stereocenters. The van der Waals surface area contributed by atoms with Crippen LogP contribution in [-0.2, 0) is 13.0 Å². The fourth-order valence-electron chi connectivity index (χ4n) is 2.96. The Hall–Kier alpha value is -2.23. The summed E-state index contributed by atoms with van der Waals surface area (Å²) in [6.45, 7) is 3.09. The van der Waals surface area contributed by atoms with Crippen molar-refractivity contribution in [3.05, 3.63) is 52.8 Å². The quantitative estimate of drug-likeness (QED) is 0.318. The van der Waals surface area contributed by atoms with Crippen LogP contribution in [0.3, 0.4) is 0 Å². The number of methoxy groups -OCH3 is 3. The first-order valence-electron chi connectivity index (χ1n) is 9.01. The van der Waals surface area contributed by atoms with Crippen molar-refractivity contribution in [2.75, 3.05) is 34.9 Å². The van der Waals surface area contributed by atoms with E-state index in [9.17, 15) is 4.39 Å².